The smallest absolute Gasteiger partial charge is 0.328 e. The van der Waals surface area contributed by atoms with E-state index in [2.05, 4.69) is 0 Å². The number of carboxylic acids is 1. The van der Waals surface area contributed by atoms with Crippen LogP contribution in [-0.2, 0) is 11.4 Å². The molecule has 0 amide bonds. The predicted molar refractivity (Wildman–Crippen MR) is 78.6 cm³/mol. The molecular weight excluding hydrogens is 271 g/mol. The third-order valence-corrected chi connectivity index (χ3v) is 2.92. The lowest BCUT2D eigenvalue weighted by atomic mass is 10.1. The molecule has 21 heavy (non-hydrogen) atoms. The van der Waals surface area contributed by atoms with Crippen LogP contribution in [0.3, 0.4) is 0 Å². The van der Waals surface area contributed by atoms with E-state index in [9.17, 15) is 9.18 Å². The van der Waals surface area contributed by atoms with Crippen molar-refractivity contribution in [1.29, 1.82) is 0 Å². The molecule has 1 N–H and O–H groups in total. The highest BCUT2D eigenvalue weighted by atomic mass is 19.1. The molecule has 0 fully saturated rings. The van der Waals surface area contributed by atoms with Crippen molar-refractivity contribution in [2.45, 2.75) is 13.5 Å². The Bertz CT molecular complexity index is 677. The minimum Gasteiger partial charge on any atom is -0.488 e. The van der Waals surface area contributed by atoms with Gasteiger partial charge in [0.1, 0.15) is 18.2 Å². The van der Waals surface area contributed by atoms with Gasteiger partial charge in [0.05, 0.1) is 0 Å². The van der Waals surface area contributed by atoms with Crippen LogP contribution in [0.2, 0.25) is 0 Å². The number of rotatable bonds is 5. The molecule has 0 saturated heterocycles. The van der Waals surface area contributed by atoms with Gasteiger partial charge in [0.25, 0.3) is 0 Å². The maximum atomic E-state index is 13.1. The lowest BCUT2D eigenvalue weighted by molar-refractivity contribution is -0.131. The lowest BCUT2D eigenvalue weighted by Gasteiger charge is -2.12. The SMILES string of the molecule is Cc1cccc(/C=C/C(=O)O)c1OCc1cccc(F)c1. The third-order valence-electron chi connectivity index (χ3n) is 2.92. The minimum atomic E-state index is -1.02. The molecule has 0 saturated carbocycles. The third kappa shape index (κ3) is 4.18. The quantitative estimate of drug-likeness (QED) is 0.850. The van der Waals surface area contributed by atoms with Crippen LogP contribution >= 0.6 is 0 Å². The Hall–Kier alpha value is -2.62. The minimum absolute atomic E-state index is 0.219. The Morgan fingerprint density at radius 2 is 2.05 bits per heavy atom. The number of para-hydroxylation sites is 1. The van der Waals surface area contributed by atoms with Crippen molar-refractivity contribution < 1.29 is 19.0 Å². The summed E-state index contributed by atoms with van der Waals surface area (Å²) in [4.78, 5) is 10.6. The predicted octanol–water partition coefficient (Wildman–Crippen LogP) is 3.81. The van der Waals surface area contributed by atoms with Crippen molar-refractivity contribution >= 4 is 12.0 Å². The van der Waals surface area contributed by atoms with Crippen LogP contribution in [0.5, 0.6) is 5.75 Å². The van der Waals surface area contributed by atoms with Crippen LogP contribution in [0.15, 0.2) is 48.5 Å². The van der Waals surface area contributed by atoms with Crippen LogP contribution in [0.1, 0.15) is 16.7 Å². The lowest BCUT2D eigenvalue weighted by Crippen LogP contribution is -1.99. The summed E-state index contributed by atoms with van der Waals surface area (Å²) < 4.78 is 18.9. The summed E-state index contributed by atoms with van der Waals surface area (Å²) in [6, 6.07) is 11.6. The maximum Gasteiger partial charge on any atom is 0.328 e. The van der Waals surface area contributed by atoms with E-state index in [0.717, 1.165) is 11.6 Å². The molecule has 0 unspecified atom stereocenters. The van der Waals surface area contributed by atoms with Gasteiger partial charge in [-0.25, -0.2) is 9.18 Å². The molecule has 0 radical (unpaired) electrons. The summed E-state index contributed by atoms with van der Waals surface area (Å²) in [5, 5.41) is 8.70. The van der Waals surface area contributed by atoms with Gasteiger partial charge >= 0.3 is 5.97 Å². The molecule has 0 spiro atoms. The van der Waals surface area contributed by atoms with Crippen LogP contribution < -0.4 is 4.74 Å². The van der Waals surface area contributed by atoms with Crippen LogP contribution in [0.25, 0.3) is 6.08 Å². The molecule has 3 nitrogen and oxygen atoms in total. The van der Waals surface area contributed by atoms with Crippen LogP contribution in [0.4, 0.5) is 4.39 Å². The Balaban J connectivity index is 2.20. The number of carbonyl (C=O) groups is 1. The molecule has 0 atom stereocenters. The molecule has 108 valence electrons. The molecule has 2 aromatic rings. The molecular formula is C17H15FO3. The number of halogens is 1. The van der Waals surface area contributed by atoms with Crippen molar-refractivity contribution in [3.8, 4) is 5.75 Å². The van der Waals surface area contributed by atoms with Gasteiger partial charge < -0.3 is 9.84 Å². The first-order valence-electron chi connectivity index (χ1n) is 6.44. The summed E-state index contributed by atoms with van der Waals surface area (Å²) in [7, 11) is 0. The number of carboxylic acid groups (broad SMARTS) is 1. The summed E-state index contributed by atoms with van der Waals surface area (Å²) in [5.74, 6) is -0.737. The van der Waals surface area contributed by atoms with Gasteiger partial charge in [0, 0.05) is 11.6 Å². The molecule has 0 aliphatic carbocycles. The zero-order chi connectivity index (χ0) is 15.2. The molecule has 0 bridgehead atoms. The number of hydrogen-bond donors (Lipinski definition) is 1. The van der Waals surface area contributed by atoms with Crippen LogP contribution in [-0.4, -0.2) is 11.1 Å². The van der Waals surface area contributed by atoms with E-state index in [-0.39, 0.29) is 12.4 Å². The number of aryl methyl sites for hydroxylation is 1. The van der Waals surface area contributed by atoms with Gasteiger partial charge in [-0.2, -0.15) is 0 Å². The second-order valence-electron chi connectivity index (χ2n) is 4.58. The van der Waals surface area contributed by atoms with Crippen molar-refractivity contribution in [2.24, 2.45) is 0 Å². The highest BCUT2D eigenvalue weighted by molar-refractivity contribution is 5.86. The zero-order valence-electron chi connectivity index (χ0n) is 11.5. The van der Waals surface area contributed by atoms with E-state index in [1.165, 1.54) is 18.2 Å². The van der Waals surface area contributed by atoms with Crippen molar-refractivity contribution in [3.63, 3.8) is 0 Å². The summed E-state index contributed by atoms with van der Waals surface area (Å²) in [6.45, 7) is 2.09. The van der Waals surface area contributed by atoms with Gasteiger partial charge in [0.15, 0.2) is 0 Å². The molecule has 0 aliphatic heterocycles. The number of aliphatic carboxylic acids is 1. The number of ether oxygens (including phenoxy) is 1. The van der Waals surface area contributed by atoms with Crippen molar-refractivity contribution in [3.05, 3.63) is 71.0 Å². The van der Waals surface area contributed by atoms with Crippen LogP contribution in [0, 0.1) is 12.7 Å². The van der Waals surface area contributed by atoms with E-state index < -0.39 is 5.97 Å². The summed E-state index contributed by atoms with van der Waals surface area (Å²) >= 11 is 0. The second-order valence-corrected chi connectivity index (χ2v) is 4.58. The van der Waals surface area contributed by atoms with Gasteiger partial charge in [-0.15, -0.1) is 0 Å². The normalized spacial score (nSPS) is 10.8. The van der Waals surface area contributed by atoms with Gasteiger partial charge in [-0.05, 0) is 36.3 Å². The number of benzene rings is 2. The van der Waals surface area contributed by atoms with E-state index in [1.54, 1.807) is 18.2 Å². The maximum absolute atomic E-state index is 13.1. The summed E-state index contributed by atoms with van der Waals surface area (Å²) in [6.07, 6.45) is 2.54. The van der Waals surface area contributed by atoms with E-state index >= 15 is 0 Å². The average molecular weight is 286 g/mol. The Morgan fingerprint density at radius 1 is 1.29 bits per heavy atom. The molecule has 0 heterocycles. The Kier molecular flexibility index (Phi) is 4.72. The fourth-order valence-electron chi connectivity index (χ4n) is 1.95. The number of hydrogen-bond acceptors (Lipinski definition) is 2. The first kappa shape index (κ1) is 14.8. The van der Waals surface area contributed by atoms with E-state index in [0.29, 0.717) is 16.9 Å². The molecule has 0 aromatic heterocycles. The highest BCUT2D eigenvalue weighted by Gasteiger charge is 2.06. The summed E-state index contributed by atoms with van der Waals surface area (Å²) in [5.41, 5.74) is 2.28. The second kappa shape index (κ2) is 6.70. The van der Waals surface area contributed by atoms with Gasteiger partial charge in [0.2, 0.25) is 0 Å². The first-order valence-corrected chi connectivity index (χ1v) is 6.44. The molecule has 2 aromatic carbocycles. The Labute approximate surface area is 122 Å². The topological polar surface area (TPSA) is 46.5 Å². The molecule has 2 rings (SSSR count). The zero-order valence-corrected chi connectivity index (χ0v) is 11.5. The first-order chi connectivity index (χ1) is 10.1. The standard InChI is InChI=1S/C17H15FO3/c1-12-4-2-6-14(8-9-16(19)20)17(12)21-11-13-5-3-7-15(18)10-13/h2-10H,11H2,1H3,(H,19,20)/b9-8+. The van der Waals surface area contributed by atoms with Crippen molar-refractivity contribution in [2.75, 3.05) is 0 Å². The fourth-order valence-corrected chi connectivity index (χ4v) is 1.95. The van der Waals surface area contributed by atoms with Gasteiger partial charge in [-0.3, -0.25) is 0 Å². The highest BCUT2D eigenvalue weighted by Crippen LogP contribution is 2.25. The van der Waals surface area contributed by atoms with E-state index in [4.69, 9.17) is 9.84 Å². The Morgan fingerprint density at radius 3 is 2.76 bits per heavy atom. The average Bonchev–Trinajstić information content (AvgIpc) is 2.44. The fraction of sp³-hybridized carbons (Fsp3) is 0.118. The molecule has 4 heteroatoms. The monoisotopic (exact) mass is 286 g/mol. The van der Waals surface area contributed by atoms with Crippen molar-refractivity contribution in [1.82, 2.24) is 0 Å². The van der Waals surface area contributed by atoms with Gasteiger partial charge in [-0.1, -0.05) is 30.3 Å². The largest absolute Gasteiger partial charge is 0.488 e. The van der Waals surface area contributed by atoms with E-state index in [1.807, 2.05) is 19.1 Å². The molecule has 0 aliphatic rings.